The largest absolute Gasteiger partial charge is 0.333 e. The molecule has 16 heavy (non-hydrogen) atoms. The zero-order chi connectivity index (χ0) is 11.3. The topological polar surface area (TPSA) is 32.3 Å². The van der Waals surface area contributed by atoms with E-state index >= 15 is 0 Å². The van der Waals surface area contributed by atoms with E-state index in [-0.39, 0.29) is 30.2 Å². The molecule has 2 atom stereocenters. The van der Waals surface area contributed by atoms with E-state index in [9.17, 15) is 13.6 Å². The third-order valence-electron chi connectivity index (χ3n) is 3.08. The van der Waals surface area contributed by atoms with E-state index in [1.54, 1.807) is 4.90 Å². The summed E-state index contributed by atoms with van der Waals surface area (Å²) in [6.07, 6.45) is 0.905. The molecule has 0 bridgehead atoms. The van der Waals surface area contributed by atoms with Gasteiger partial charge in [-0.25, -0.2) is 13.6 Å². The van der Waals surface area contributed by atoms with Gasteiger partial charge in [-0.05, 0) is 24.6 Å². The van der Waals surface area contributed by atoms with Crippen molar-refractivity contribution in [2.75, 3.05) is 0 Å². The molecule has 0 radical (unpaired) electrons. The van der Waals surface area contributed by atoms with Crippen molar-refractivity contribution in [3.63, 3.8) is 0 Å². The van der Waals surface area contributed by atoms with E-state index in [1.807, 2.05) is 0 Å². The number of benzene rings is 1. The fourth-order valence-electron chi connectivity index (χ4n) is 2.11. The van der Waals surface area contributed by atoms with Gasteiger partial charge in [0.05, 0.1) is 18.6 Å². The van der Waals surface area contributed by atoms with Crippen molar-refractivity contribution in [3.8, 4) is 0 Å². The van der Waals surface area contributed by atoms with Crippen molar-refractivity contribution < 1.29 is 13.6 Å². The highest BCUT2D eigenvalue weighted by Gasteiger charge is 2.51. The maximum Gasteiger partial charge on any atom is 0.318 e. The van der Waals surface area contributed by atoms with Crippen molar-refractivity contribution in [1.29, 1.82) is 0 Å². The molecule has 1 aromatic carbocycles. The molecule has 1 aromatic rings. The van der Waals surface area contributed by atoms with Crippen LogP contribution in [0.25, 0.3) is 0 Å². The van der Waals surface area contributed by atoms with Gasteiger partial charge in [0.1, 0.15) is 11.6 Å². The van der Waals surface area contributed by atoms with Crippen LogP contribution < -0.4 is 5.32 Å². The number of carbonyl (C=O) groups excluding carboxylic acids is 1. The summed E-state index contributed by atoms with van der Waals surface area (Å²) in [6, 6.07) is 3.48. The lowest BCUT2D eigenvalue weighted by molar-refractivity contribution is 0.205. The van der Waals surface area contributed by atoms with Gasteiger partial charge in [0.15, 0.2) is 0 Å². The standard InChI is InChI=1S/C11H10F2N2O/c12-7-1-2-8(13)6(3-7)5-15-10-4-9(10)14-11(15)16/h1-3,9-10H,4-5H2,(H,14,16). The number of hydrogen-bond acceptors (Lipinski definition) is 1. The highest BCUT2D eigenvalue weighted by molar-refractivity contribution is 5.79. The predicted octanol–water partition coefficient (Wildman–Crippen LogP) is 1.63. The van der Waals surface area contributed by atoms with Gasteiger partial charge < -0.3 is 10.2 Å². The Balaban J connectivity index is 1.83. The van der Waals surface area contributed by atoms with Crippen molar-refractivity contribution in [2.24, 2.45) is 0 Å². The summed E-state index contributed by atoms with van der Waals surface area (Å²) in [4.78, 5) is 13.0. The summed E-state index contributed by atoms with van der Waals surface area (Å²) in [5, 5.41) is 2.77. The van der Waals surface area contributed by atoms with E-state index in [0.717, 1.165) is 24.6 Å². The van der Waals surface area contributed by atoms with Crippen LogP contribution in [0.3, 0.4) is 0 Å². The molecule has 1 heterocycles. The van der Waals surface area contributed by atoms with Crippen LogP contribution in [-0.2, 0) is 6.54 Å². The van der Waals surface area contributed by atoms with Gasteiger partial charge in [-0.3, -0.25) is 0 Å². The fourth-order valence-corrected chi connectivity index (χ4v) is 2.11. The lowest BCUT2D eigenvalue weighted by Gasteiger charge is -2.17. The fraction of sp³-hybridized carbons (Fsp3) is 0.364. The highest BCUT2D eigenvalue weighted by atomic mass is 19.1. The lowest BCUT2D eigenvalue weighted by Crippen LogP contribution is -2.33. The van der Waals surface area contributed by atoms with Crippen molar-refractivity contribution in [2.45, 2.75) is 25.0 Å². The number of urea groups is 1. The van der Waals surface area contributed by atoms with Crippen LogP contribution in [0.5, 0.6) is 0 Å². The third-order valence-corrected chi connectivity index (χ3v) is 3.08. The second kappa shape index (κ2) is 3.17. The summed E-state index contributed by atoms with van der Waals surface area (Å²) >= 11 is 0. The highest BCUT2D eigenvalue weighted by Crippen LogP contribution is 2.34. The van der Waals surface area contributed by atoms with Crippen LogP contribution in [0.2, 0.25) is 0 Å². The Kier molecular flexibility index (Phi) is 1.89. The lowest BCUT2D eigenvalue weighted by atomic mass is 10.2. The van der Waals surface area contributed by atoms with Gasteiger partial charge >= 0.3 is 6.03 Å². The van der Waals surface area contributed by atoms with E-state index < -0.39 is 11.6 Å². The molecule has 3 nitrogen and oxygen atoms in total. The number of halogens is 2. The molecule has 1 N–H and O–H groups in total. The predicted molar refractivity (Wildman–Crippen MR) is 52.6 cm³/mol. The zero-order valence-electron chi connectivity index (χ0n) is 8.41. The molecule has 2 amide bonds. The van der Waals surface area contributed by atoms with Crippen LogP contribution in [0.15, 0.2) is 18.2 Å². The summed E-state index contributed by atoms with van der Waals surface area (Å²) in [5.74, 6) is -0.957. The average molecular weight is 224 g/mol. The Hall–Kier alpha value is -1.65. The number of fused-ring (bicyclic) bond motifs is 1. The van der Waals surface area contributed by atoms with Gasteiger partial charge in [0.25, 0.3) is 0 Å². The molecule has 1 saturated carbocycles. The molecule has 1 aliphatic heterocycles. The normalized spacial score (nSPS) is 26.6. The minimum absolute atomic E-state index is 0.136. The van der Waals surface area contributed by atoms with Crippen LogP contribution in [0.1, 0.15) is 12.0 Å². The molecule has 0 spiro atoms. The first-order valence-electron chi connectivity index (χ1n) is 5.16. The molecule has 5 heteroatoms. The third kappa shape index (κ3) is 1.43. The summed E-state index contributed by atoms with van der Waals surface area (Å²) in [6.45, 7) is 0.136. The van der Waals surface area contributed by atoms with E-state index in [1.165, 1.54) is 0 Å². The van der Waals surface area contributed by atoms with Gasteiger partial charge in [0.2, 0.25) is 0 Å². The number of amides is 2. The molecule has 84 valence electrons. The number of rotatable bonds is 2. The quantitative estimate of drug-likeness (QED) is 0.813. The van der Waals surface area contributed by atoms with Crippen LogP contribution >= 0.6 is 0 Å². The smallest absolute Gasteiger partial charge is 0.318 e. The minimum atomic E-state index is -0.483. The summed E-state index contributed by atoms with van der Waals surface area (Å²) < 4.78 is 26.3. The van der Waals surface area contributed by atoms with Gasteiger partial charge in [0, 0.05) is 5.56 Å². The summed E-state index contributed by atoms with van der Waals surface area (Å²) in [7, 11) is 0. The van der Waals surface area contributed by atoms with E-state index in [2.05, 4.69) is 5.32 Å². The molecule has 2 unspecified atom stereocenters. The van der Waals surface area contributed by atoms with Gasteiger partial charge in [-0.2, -0.15) is 0 Å². The van der Waals surface area contributed by atoms with E-state index in [4.69, 9.17) is 0 Å². The molecule has 2 aliphatic rings. The molecule has 2 fully saturated rings. The minimum Gasteiger partial charge on any atom is -0.333 e. The van der Waals surface area contributed by atoms with Gasteiger partial charge in [-0.15, -0.1) is 0 Å². The average Bonchev–Trinajstić information content (AvgIpc) is 2.92. The van der Waals surface area contributed by atoms with Crippen LogP contribution in [0, 0.1) is 11.6 Å². The number of nitrogens with one attached hydrogen (secondary N) is 1. The molecular weight excluding hydrogens is 214 g/mol. The molecule has 3 rings (SSSR count). The first-order chi connectivity index (χ1) is 7.65. The second-order valence-corrected chi connectivity index (χ2v) is 4.22. The van der Waals surface area contributed by atoms with E-state index in [0.29, 0.717) is 0 Å². The Bertz CT molecular complexity index is 463. The van der Waals surface area contributed by atoms with Gasteiger partial charge in [-0.1, -0.05) is 0 Å². The molecule has 1 saturated heterocycles. The van der Waals surface area contributed by atoms with Crippen molar-refractivity contribution in [1.82, 2.24) is 10.2 Å². The number of nitrogens with zero attached hydrogens (tertiary/aromatic N) is 1. The summed E-state index contributed by atoms with van der Waals surface area (Å²) in [5.41, 5.74) is 0.225. The van der Waals surface area contributed by atoms with Crippen LogP contribution in [0.4, 0.5) is 13.6 Å². The Labute approximate surface area is 91.0 Å². The maximum atomic E-state index is 13.4. The number of carbonyl (C=O) groups is 1. The first-order valence-corrected chi connectivity index (χ1v) is 5.16. The van der Waals surface area contributed by atoms with Crippen molar-refractivity contribution in [3.05, 3.63) is 35.4 Å². The Morgan fingerprint density at radius 1 is 1.44 bits per heavy atom. The zero-order valence-corrected chi connectivity index (χ0v) is 8.41. The monoisotopic (exact) mass is 224 g/mol. The van der Waals surface area contributed by atoms with Crippen molar-refractivity contribution >= 4 is 6.03 Å². The Morgan fingerprint density at radius 2 is 2.25 bits per heavy atom. The Morgan fingerprint density at radius 3 is 2.94 bits per heavy atom. The number of hydrogen-bond donors (Lipinski definition) is 1. The molecular formula is C11H10F2N2O. The molecule has 0 aromatic heterocycles. The maximum absolute atomic E-state index is 13.4. The molecule has 1 aliphatic carbocycles. The SMILES string of the molecule is O=C1NC2CC2N1Cc1cc(F)ccc1F. The first kappa shape index (κ1) is 9.57. The second-order valence-electron chi connectivity index (χ2n) is 4.22. The van der Waals surface area contributed by atoms with Crippen LogP contribution in [-0.4, -0.2) is 23.0 Å².